The highest BCUT2D eigenvalue weighted by atomic mass is 28.3. The third kappa shape index (κ3) is 2.51. The second kappa shape index (κ2) is 4.51. The van der Waals surface area contributed by atoms with Crippen molar-refractivity contribution in [2.75, 3.05) is 0 Å². The molecule has 0 fully saturated rings. The van der Waals surface area contributed by atoms with Crippen LogP contribution in [0.5, 0.6) is 0 Å². The molecule has 4 heteroatoms. The molecule has 0 aliphatic heterocycles. The summed E-state index contributed by atoms with van der Waals surface area (Å²) in [6.45, 7) is 8.93. The molecule has 0 aromatic heterocycles. The molecule has 15 heavy (non-hydrogen) atoms. The largest absolute Gasteiger partial charge is 0.488 e. The zero-order chi connectivity index (χ0) is 11.6. The Labute approximate surface area is 93.1 Å². The lowest BCUT2D eigenvalue weighted by Crippen LogP contribution is -2.56. The second-order valence-corrected chi connectivity index (χ2v) is 9.97. The Kier molecular flexibility index (Phi) is 3.76. The van der Waals surface area contributed by atoms with Crippen molar-refractivity contribution in [2.45, 2.75) is 32.5 Å². The van der Waals surface area contributed by atoms with Crippen LogP contribution >= 0.6 is 0 Å². The van der Waals surface area contributed by atoms with Gasteiger partial charge in [-0.2, -0.15) is 0 Å². The second-order valence-electron chi connectivity index (χ2n) is 4.84. The van der Waals surface area contributed by atoms with Gasteiger partial charge in [-0.15, -0.1) is 0 Å². The van der Waals surface area contributed by atoms with Crippen LogP contribution in [0.2, 0.25) is 18.6 Å². The lowest BCUT2D eigenvalue weighted by molar-refractivity contribution is 0.426. The van der Waals surface area contributed by atoms with Gasteiger partial charge in [-0.3, -0.25) is 0 Å². The van der Waals surface area contributed by atoms with Gasteiger partial charge in [0.2, 0.25) is 0 Å². The van der Waals surface area contributed by atoms with Gasteiger partial charge in [0.25, 0.3) is 0 Å². The Morgan fingerprint density at radius 3 is 2.13 bits per heavy atom. The van der Waals surface area contributed by atoms with Crippen molar-refractivity contribution in [3.63, 3.8) is 0 Å². The summed E-state index contributed by atoms with van der Waals surface area (Å²) in [6.07, 6.45) is 0. The smallest absolute Gasteiger partial charge is 0.423 e. The van der Waals surface area contributed by atoms with Crippen molar-refractivity contribution in [2.24, 2.45) is 0 Å². The molecule has 0 saturated carbocycles. The van der Waals surface area contributed by atoms with Gasteiger partial charge in [0.15, 0.2) is 0 Å². The Bertz CT molecular complexity index is 337. The lowest BCUT2D eigenvalue weighted by atomic mass is 9.80. The molecule has 0 atom stereocenters. The van der Waals surface area contributed by atoms with Gasteiger partial charge in [0, 0.05) is 0 Å². The van der Waals surface area contributed by atoms with Crippen LogP contribution in [0, 0.1) is 0 Å². The monoisotopic (exact) mass is 222 g/mol. The van der Waals surface area contributed by atoms with Gasteiger partial charge >= 0.3 is 7.12 Å². The van der Waals surface area contributed by atoms with E-state index in [9.17, 15) is 10.0 Å². The number of rotatable bonds is 3. The first-order chi connectivity index (χ1) is 6.87. The van der Waals surface area contributed by atoms with Crippen LogP contribution in [0.4, 0.5) is 0 Å². The van der Waals surface area contributed by atoms with Crippen LogP contribution < -0.4 is 10.6 Å². The van der Waals surface area contributed by atoms with Crippen molar-refractivity contribution in [3.8, 4) is 0 Å². The lowest BCUT2D eigenvalue weighted by Gasteiger charge is -2.29. The Morgan fingerprint density at radius 1 is 1.13 bits per heavy atom. The molecule has 0 unspecified atom stereocenters. The number of benzene rings is 1. The molecule has 2 N–H and O–H groups in total. The predicted molar refractivity (Wildman–Crippen MR) is 68.5 cm³/mol. The van der Waals surface area contributed by atoms with E-state index in [2.05, 4.69) is 26.9 Å². The molecule has 0 saturated heterocycles. The van der Waals surface area contributed by atoms with E-state index in [0.29, 0.717) is 11.0 Å². The fourth-order valence-electron chi connectivity index (χ4n) is 1.62. The Morgan fingerprint density at radius 2 is 1.67 bits per heavy atom. The molecule has 0 radical (unpaired) electrons. The third-order valence-corrected chi connectivity index (χ3v) is 8.11. The van der Waals surface area contributed by atoms with Gasteiger partial charge in [-0.1, -0.05) is 56.4 Å². The van der Waals surface area contributed by atoms with E-state index < -0.39 is 15.2 Å². The maximum Gasteiger partial charge on any atom is 0.488 e. The van der Waals surface area contributed by atoms with E-state index in [1.165, 1.54) is 0 Å². The molecule has 0 spiro atoms. The summed E-state index contributed by atoms with van der Waals surface area (Å²) in [5, 5.41) is 19.8. The molecule has 1 aromatic carbocycles. The molecular formula is C11H19BO2Si. The maximum atomic E-state index is 9.33. The quantitative estimate of drug-likeness (QED) is 0.739. The minimum Gasteiger partial charge on any atom is -0.423 e. The molecular weight excluding hydrogens is 203 g/mol. The van der Waals surface area contributed by atoms with Crippen molar-refractivity contribution < 1.29 is 10.0 Å². The molecule has 1 rings (SSSR count). The molecule has 0 amide bonds. The first-order valence-electron chi connectivity index (χ1n) is 5.33. The summed E-state index contributed by atoms with van der Waals surface area (Å²) in [6, 6.07) is 7.65. The van der Waals surface area contributed by atoms with Gasteiger partial charge in [-0.05, 0) is 11.0 Å². The van der Waals surface area contributed by atoms with Crippen molar-refractivity contribution >= 4 is 25.8 Å². The fourth-order valence-corrected chi connectivity index (χ4v) is 3.72. The molecule has 2 nitrogen and oxygen atoms in total. The van der Waals surface area contributed by atoms with Crippen LogP contribution in [0.25, 0.3) is 0 Å². The van der Waals surface area contributed by atoms with Crippen molar-refractivity contribution in [3.05, 3.63) is 24.3 Å². The van der Waals surface area contributed by atoms with E-state index >= 15 is 0 Å². The maximum absolute atomic E-state index is 9.33. The summed E-state index contributed by atoms with van der Waals surface area (Å²) in [7, 11) is -2.94. The minimum absolute atomic E-state index is 0.581. The van der Waals surface area contributed by atoms with Crippen molar-refractivity contribution in [1.82, 2.24) is 0 Å². The van der Waals surface area contributed by atoms with E-state index in [-0.39, 0.29) is 0 Å². The highest BCUT2D eigenvalue weighted by Crippen LogP contribution is 2.19. The normalized spacial score (nSPS) is 11.9. The topological polar surface area (TPSA) is 40.5 Å². The average molecular weight is 222 g/mol. The fraction of sp³-hybridized carbons (Fsp3) is 0.455. The summed E-state index contributed by atoms with van der Waals surface area (Å²) >= 11 is 0. The summed E-state index contributed by atoms with van der Waals surface area (Å²) in [5.74, 6) is 0. The van der Waals surface area contributed by atoms with Crippen molar-refractivity contribution in [1.29, 1.82) is 0 Å². The SMILES string of the molecule is CC(C)[Si](C)(C)c1ccccc1B(O)O. The van der Waals surface area contributed by atoms with Crippen LogP contribution in [0.3, 0.4) is 0 Å². The first kappa shape index (κ1) is 12.5. The number of hydrogen-bond donors (Lipinski definition) is 2. The zero-order valence-electron chi connectivity index (χ0n) is 9.86. The summed E-state index contributed by atoms with van der Waals surface area (Å²) in [5.41, 5.74) is 1.25. The molecule has 1 aromatic rings. The first-order valence-corrected chi connectivity index (χ1v) is 8.40. The average Bonchev–Trinajstić information content (AvgIpc) is 2.17. The summed E-state index contributed by atoms with van der Waals surface area (Å²) < 4.78 is 0. The summed E-state index contributed by atoms with van der Waals surface area (Å²) in [4.78, 5) is 0. The van der Waals surface area contributed by atoms with Crippen LogP contribution in [-0.4, -0.2) is 25.2 Å². The molecule has 0 heterocycles. The predicted octanol–water partition coefficient (Wildman–Crippen LogP) is 0.692. The zero-order valence-corrected chi connectivity index (χ0v) is 10.9. The van der Waals surface area contributed by atoms with Crippen LogP contribution in [0.1, 0.15) is 13.8 Å². The van der Waals surface area contributed by atoms with E-state index in [1.54, 1.807) is 6.07 Å². The van der Waals surface area contributed by atoms with Crippen LogP contribution in [0.15, 0.2) is 24.3 Å². The third-order valence-electron chi connectivity index (χ3n) is 3.38. The van der Waals surface area contributed by atoms with E-state index in [1.807, 2.05) is 18.2 Å². The molecule has 0 aliphatic carbocycles. The van der Waals surface area contributed by atoms with Gasteiger partial charge in [-0.25, -0.2) is 0 Å². The Hall–Kier alpha value is -0.578. The molecule has 82 valence electrons. The minimum atomic E-state index is -1.58. The number of hydrogen-bond acceptors (Lipinski definition) is 2. The van der Waals surface area contributed by atoms with Gasteiger partial charge in [0.1, 0.15) is 0 Å². The van der Waals surface area contributed by atoms with E-state index in [0.717, 1.165) is 5.19 Å². The van der Waals surface area contributed by atoms with Crippen LogP contribution in [-0.2, 0) is 0 Å². The Balaban J connectivity index is 3.24. The highest BCUT2D eigenvalue weighted by molar-refractivity contribution is 6.94. The molecule has 0 aliphatic rings. The standard InChI is InChI=1S/C11H19BO2Si/c1-9(2)15(3,4)11-8-6-5-7-10(11)12(13)14/h5-9,13-14H,1-4H3. The van der Waals surface area contributed by atoms with E-state index in [4.69, 9.17) is 0 Å². The molecule has 0 bridgehead atoms. The van der Waals surface area contributed by atoms with Gasteiger partial charge in [0.05, 0.1) is 8.07 Å². The highest BCUT2D eigenvalue weighted by Gasteiger charge is 2.31. The van der Waals surface area contributed by atoms with Gasteiger partial charge < -0.3 is 10.0 Å².